The predicted octanol–water partition coefficient (Wildman–Crippen LogP) is 0.172. The van der Waals surface area contributed by atoms with Crippen LogP contribution in [-0.2, 0) is 19.0 Å². The number of rotatable bonds is 8. The Morgan fingerprint density at radius 1 is 1.43 bits per heavy atom. The molecule has 0 bridgehead atoms. The SMILES string of the molecule is COCC1(CNC(=O)COCC2CCOC2)CCNCC1. The number of hydrogen-bond donors (Lipinski definition) is 2. The van der Waals surface area contributed by atoms with Crippen LogP contribution in [-0.4, -0.2) is 65.7 Å². The maximum atomic E-state index is 11.9. The van der Waals surface area contributed by atoms with Crippen molar-refractivity contribution in [2.75, 3.05) is 59.8 Å². The number of ether oxygens (including phenoxy) is 3. The number of nitrogens with one attached hydrogen (secondary N) is 2. The van der Waals surface area contributed by atoms with Crippen molar-refractivity contribution in [2.24, 2.45) is 11.3 Å². The van der Waals surface area contributed by atoms with Crippen molar-refractivity contribution in [3.05, 3.63) is 0 Å². The van der Waals surface area contributed by atoms with Crippen molar-refractivity contribution in [1.82, 2.24) is 10.6 Å². The van der Waals surface area contributed by atoms with E-state index in [4.69, 9.17) is 14.2 Å². The molecule has 0 saturated carbocycles. The van der Waals surface area contributed by atoms with Gasteiger partial charge in [-0.15, -0.1) is 0 Å². The summed E-state index contributed by atoms with van der Waals surface area (Å²) < 4.78 is 16.1. The molecule has 2 saturated heterocycles. The molecule has 2 N–H and O–H groups in total. The summed E-state index contributed by atoms with van der Waals surface area (Å²) >= 11 is 0. The number of carbonyl (C=O) groups excluding carboxylic acids is 1. The van der Waals surface area contributed by atoms with Crippen LogP contribution >= 0.6 is 0 Å². The first-order valence-corrected chi connectivity index (χ1v) is 7.86. The number of piperidine rings is 1. The van der Waals surface area contributed by atoms with Crippen molar-refractivity contribution >= 4 is 5.91 Å². The molecular formula is C15H28N2O4. The van der Waals surface area contributed by atoms with E-state index in [0.717, 1.165) is 45.6 Å². The summed E-state index contributed by atoms with van der Waals surface area (Å²) in [6.07, 6.45) is 3.09. The van der Waals surface area contributed by atoms with Gasteiger partial charge in [0.05, 0.1) is 19.8 Å². The smallest absolute Gasteiger partial charge is 0.246 e. The largest absolute Gasteiger partial charge is 0.384 e. The van der Waals surface area contributed by atoms with Gasteiger partial charge in [0.15, 0.2) is 0 Å². The third kappa shape index (κ3) is 5.54. The maximum absolute atomic E-state index is 11.9. The van der Waals surface area contributed by atoms with Gasteiger partial charge in [0, 0.05) is 31.6 Å². The van der Waals surface area contributed by atoms with Gasteiger partial charge in [-0.1, -0.05) is 0 Å². The van der Waals surface area contributed by atoms with Crippen molar-refractivity contribution in [3.8, 4) is 0 Å². The first-order chi connectivity index (χ1) is 10.2. The molecule has 2 rings (SSSR count). The molecule has 2 aliphatic rings. The average Bonchev–Trinajstić information content (AvgIpc) is 3.00. The fraction of sp³-hybridized carbons (Fsp3) is 0.933. The van der Waals surface area contributed by atoms with Crippen LogP contribution in [0.25, 0.3) is 0 Å². The number of amides is 1. The molecule has 122 valence electrons. The van der Waals surface area contributed by atoms with E-state index in [2.05, 4.69) is 10.6 Å². The fourth-order valence-electron chi connectivity index (χ4n) is 3.01. The molecule has 1 unspecified atom stereocenters. The van der Waals surface area contributed by atoms with Gasteiger partial charge >= 0.3 is 0 Å². The fourth-order valence-corrected chi connectivity index (χ4v) is 3.01. The normalized spacial score (nSPS) is 24.9. The summed E-state index contributed by atoms with van der Waals surface area (Å²) in [5.41, 5.74) is 0.0644. The zero-order chi connectivity index (χ0) is 15.0. The van der Waals surface area contributed by atoms with E-state index in [-0.39, 0.29) is 17.9 Å². The molecular weight excluding hydrogens is 272 g/mol. The van der Waals surface area contributed by atoms with E-state index in [1.807, 2.05) is 0 Å². The van der Waals surface area contributed by atoms with E-state index in [1.54, 1.807) is 7.11 Å². The first-order valence-electron chi connectivity index (χ1n) is 7.86. The van der Waals surface area contributed by atoms with E-state index in [9.17, 15) is 4.79 Å². The molecule has 0 radical (unpaired) electrons. The topological polar surface area (TPSA) is 68.8 Å². The van der Waals surface area contributed by atoms with Gasteiger partial charge < -0.3 is 24.8 Å². The lowest BCUT2D eigenvalue weighted by Crippen LogP contribution is -2.47. The van der Waals surface area contributed by atoms with Gasteiger partial charge in [-0.05, 0) is 32.4 Å². The summed E-state index contributed by atoms with van der Waals surface area (Å²) in [6, 6.07) is 0. The molecule has 2 heterocycles. The van der Waals surface area contributed by atoms with Crippen LogP contribution in [0.2, 0.25) is 0 Å². The molecule has 0 aliphatic carbocycles. The Labute approximate surface area is 126 Å². The average molecular weight is 300 g/mol. The minimum absolute atomic E-state index is 0.0390. The number of hydrogen-bond acceptors (Lipinski definition) is 5. The molecule has 1 amide bonds. The Kier molecular flexibility index (Phi) is 6.89. The first kappa shape index (κ1) is 16.7. The van der Waals surface area contributed by atoms with Crippen LogP contribution in [0.1, 0.15) is 19.3 Å². The van der Waals surface area contributed by atoms with E-state index < -0.39 is 0 Å². The highest BCUT2D eigenvalue weighted by Crippen LogP contribution is 2.28. The molecule has 0 aromatic carbocycles. The Hall–Kier alpha value is -0.690. The molecule has 0 aromatic heterocycles. The van der Waals surface area contributed by atoms with E-state index >= 15 is 0 Å². The minimum atomic E-state index is -0.0390. The zero-order valence-electron chi connectivity index (χ0n) is 13.0. The van der Waals surface area contributed by atoms with Crippen molar-refractivity contribution in [1.29, 1.82) is 0 Å². The standard InChI is InChI=1S/C15H28N2O4/c1-19-12-15(3-5-16-6-4-15)11-17-14(18)10-21-9-13-2-7-20-8-13/h13,16H,2-12H2,1H3,(H,17,18). The number of carbonyl (C=O) groups is 1. The molecule has 0 aromatic rings. The zero-order valence-corrected chi connectivity index (χ0v) is 13.0. The van der Waals surface area contributed by atoms with Crippen LogP contribution in [0.3, 0.4) is 0 Å². The maximum Gasteiger partial charge on any atom is 0.246 e. The van der Waals surface area contributed by atoms with Crippen LogP contribution in [0.5, 0.6) is 0 Å². The van der Waals surface area contributed by atoms with Gasteiger partial charge in [-0.3, -0.25) is 4.79 Å². The Morgan fingerprint density at radius 2 is 2.24 bits per heavy atom. The number of methoxy groups -OCH3 is 1. The van der Waals surface area contributed by atoms with Crippen LogP contribution in [0.15, 0.2) is 0 Å². The molecule has 0 spiro atoms. The van der Waals surface area contributed by atoms with E-state index in [0.29, 0.717) is 25.7 Å². The lowest BCUT2D eigenvalue weighted by Gasteiger charge is -2.37. The van der Waals surface area contributed by atoms with Crippen LogP contribution in [0, 0.1) is 11.3 Å². The quantitative estimate of drug-likeness (QED) is 0.669. The molecule has 2 aliphatic heterocycles. The van der Waals surface area contributed by atoms with Gasteiger partial charge in [0.2, 0.25) is 5.91 Å². The minimum Gasteiger partial charge on any atom is -0.384 e. The monoisotopic (exact) mass is 300 g/mol. The summed E-state index contributed by atoms with van der Waals surface area (Å²) in [5.74, 6) is 0.407. The van der Waals surface area contributed by atoms with Gasteiger partial charge in [-0.25, -0.2) is 0 Å². The van der Waals surface area contributed by atoms with Gasteiger partial charge in [0.25, 0.3) is 0 Å². The summed E-state index contributed by atoms with van der Waals surface area (Å²) in [4.78, 5) is 11.9. The van der Waals surface area contributed by atoms with Crippen LogP contribution in [0.4, 0.5) is 0 Å². The Balaban J connectivity index is 1.63. The third-order valence-corrected chi connectivity index (χ3v) is 4.39. The second-order valence-corrected chi connectivity index (χ2v) is 6.20. The highest BCUT2D eigenvalue weighted by Gasteiger charge is 2.32. The summed E-state index contributed by atoms with van der Waals surface area (Å²) in [6.45, 7) is 5.64. The highest BCUT2D eigenvalue weighted by molar-refractivity contribution is 5.77. The lowest BCUT2D eigenvalue weighted by atomic mass is 9.79. The molecule has 2 fully saturated rings. The Morgan fingerprint density at radius 3 is 2.90 bits per heavy atom. The van der Waals surface area contributed by atoms with Gasteiger partial charge in [0.1, 0.15) is 6.61 Å². The molecule has 6 heteroatoms. The summed E-state index contributed by atoms with van der Waals surface area (Å²) in [5, 5.41) is 6.35. The highest BCUT2D eigenvalue weighted by atomic mass is 16.5. The van der Waals surface area contributed by atoms with Crippen molar-refractivity contribution < 1.29 is 19.0 Å². The van der Waals surface area contributed by atoms with Crippen LogP contribution < -0.4 is 10.6 Å². The molecule has 21 heavy (non-hydrogen) atoms. The third-order valence-electron chi connectivity index (χ3n) is 4.39. The second kappa shape index (κ2) is 8.68. The van der Waals surface area contributed by atoms with E-state index in [1.165, 1.54) is 0 Å². The molecule has 1 atom stereocenters. The Bertz CT molecular complexity index is 307. The van der Waals surface area contributed by atoms with Crippen molar-refractivity contribution in [2.45, 2.75) is 19.3 Å². The lowest BCUT2D eigenvalue weighted by molar-refractivity contribution is -0.127. The second-order valence-electron chi connectivity index (χ2n) is 6.20. The molecule has 6 nitrogen and oxygen atoms in total. The van der Waals surface area contributed by atoms with Gasteiger partial charge in [-0.2, -0.15) is 0 Å². The predicted molar refractivity (Wildman–Crippen MR) is 79.2 cm³/mol. The van der Waals surface area contributed by atoms with Crippen molar-refractivity contribution in [3.63, 3.8) is 0 Å². The summed E-state index contributed by atoms with van der Waals surface area (Å²) in [7, 11) is 1.72.